The third kappa shape index (κ3) is 5.38. The number of aromatic carboxylic acids is 1. The van der Waals surface area contributed by atoms with Crippen molar-refractivity contribution < 1.29 is 14.7 Å². The van der Waals surface area contributed by atoms with E-state index in [1.54, 1.807) is 42.7 Å². The predicted octanol–water partition coefficient (Wildman–Crippen LogP) is 4.22. The molecule has 2 aromatic carbocycles. The van der Waals surface area contributed by atoms with Gasteiger partial charge in [-0.1, -0.05) is 36.4 Å². The maximum absolute atomic E-state index is 12.2. The van der Waals surface area contributed by atoms with E-state index < -0.39 is 5.97 Å². The Labute approximate surface area is 163 Å². The molecule has 0 bridgehead atoms. The highest BCUT2D eigenvalue weighted by molar-refractivity contribution is 6.06. The number of hydrogen-bond acceptors (Lipinski definition) is 3. The molecule has 3 rings (SSSR count). The molecule has 0 saturated heterocycles. The second-order valence-electron chi connectivity index (χ2n) is 6.27. The minimum Gasteiger partial charge on any atom is -0.478 e. The van der Waals surface area contributed by atoms with Crippen LogP contribution in [0.15, 0.2) is 79.1 Å². The van der Waals surface area contributed by atoms with Crippen molar-refractivity contribution in [3.05, 3.63) is 101 Å². The minimum atomic E-state index is -1.08. The molecule has 0 unspecified atom stereocenters. The summed E-state index contributed by atoms with van der Waals surface area (Å²) in [5.41, 5.74) is 3.36. The molecule has 0 saturated carbocycles. The van der Waals surface area contributed by atoms with Crippen molar-refractivity contribution in [1.29, 1.82) is 0 Å². The lowest BCUT2D eigenvalue weighted by Crippen LogP contribution is -2.12. The molecule has 0 aliphatic heterocycles. The quantitative estimate of drug-likeness (QED) is 0.609. The largest absolute Gasteiger partial charge is 0.478 e. The molecule has 5 heteroatoms. The van der Waals surface area contributed by atoms with Crippen molar-refractivity contribution in [3.8, 4) is 0 Å². The Morgan fingerprint density at radius 3 is 2.36 bits per heavy atom. The van der Waals surface area contributed by atoms with Gasteiger partial charge >= 0.3 is 5.97 Å². The number of nitrogens with one attached hydrogen (secondary N) is 1. The van der Waals surface area contributed by atoms with E-state index in [9.17, 15) is 14.7 Å². The van der Waals surface area contributed by atoms with Gasteiger partial charge in [0.15, 0.2) is 0 Å². The normalized spacial score (nSPS) is 10.7. The molecule has 5 nitrogen and oxygen atoms in total. The number of benzene rings is 2. The highest BCUT2D eigenvalue weighted by atomic mass is 16.4. The average Bonchev–Trinajstić information content (AvgIpc) is 2.72. The number of hydrogen-bond donors (Lipinski definition) is 2. The van der Waals surface area contributed by atoms with Crippen LogP contribution in [0, 0.1) is 0 Å². The molecule has 0 aliphatic carbocycles. The van der Waals surface area contributed by atoms with Crippen molar-refractivity contribution in [2.75, 3.05) is 5.32 Å². The molecule has 0 radical (unpaired) electrons. The third-order valence-corrected chi connectivity index (χ3v) is 4.25. The fourth-order valence-corrected chi connectivity index (χ4v) is 2.79. The summed E-state index contributed by atoms with van der Waals surface area (Å²) in [6.45, 7) is 0. The molecule has 0 fully saturated rings. The summed E-state index contributed by atoms with van der Waals surface area (Å²) in [6.07, 6.45) is 7.88. The van der Waals surface area contributed by atoms with Gasteiger partial charge in [0.25, 0.3) is 0 Å². The second kappa shape index (κ2) is 9.28. The third-order valence-electron chi connectivity index (χ3n) is 4.25. The summed E-state index contributed by atoms with van der Waals surface area (Å²) in [5.74, 6) is -1.47. The first-order valence-electron chi connectivity index (χ1n) is 8.91. The fraction of sp³-hybridized carbons (Fsp3) is 0.0870. The topological polar surface area (TPSA) is 79.3 Å². The lowest BCUT2D eigenvalue weighted by Gasteiger charge is -2.10. The number of aromatic nitrogens is 1. The average molecular weight is 372 g/mol. The standard InChI is InChI=1S/C23H20N2O3/c26-22(11-9-18-12-14-24-15-13-18)25-21-16-19(8-10-20(21)23(27)28)7-6-17-4-2-1-3-5-17/h1-5,8-16H,6-7H2,(H,25,26)(H,27,28)/b11-9+. The van der Waals surface area contributed by atoms with Crippen molar-refractivity contribution in [1.82, 2.24) is 4.98 Å². The van der Waals surface area contributed by atoms with Gasteiger partial charge in [0.1, 0.15) is 0 Å². The van der Waals surface area contributed by atoms with Gasteiger partial charge in [-0.05, 0) is 59.9 Å². The van der Waals surface area contributed by atoms with Gasteiger partial charge in [-0.2, -0.15) is 0 Å². The number of anilines is 1. The van der Waals surface area contributed by atoms with E-state index >= 15 is 0 Å². The van der Waals surface area contributed by atoms with E-state index in [0.717, 1.165) is 24.0 Å². The van der Waals surface area contributed by atoms with Crippen molar-refractivity contribution >= 4 is 23.6 Å². The SMILES string of the molecule is O=C(/C=C/c1ccncc1)Nc1cc(CCc2ccccc2)ccc1C(=O)O. The number of carboxylic acid groups (broad SMARTS) is 1. The van der Waals surface area contributed by atoms with E-state index in [1.165, 1.54) is 17.7 Å². The number of rotatable bonds is 7. The number of pyridine rings is 1. The van der Waals surface area contributed by atoms with Crippen LogP contribution in [0.3, 0.4) is 0 Å². The molecular weight excluding hydrogens is 352 g/mol. The zero-order valence-corrected chi connectivity index (χ0v) is 15.2. The lowest BCUT2D eigenvalue weighted by molar-refractivity contribution is -0.111. The van der Waals surface area contributed by atoms with E-state index in [2.05, 4.69) is 22.4 Å². The van der Waals surface area contributed by atoms with Gasteiger partial charge in [-0.25, -0.2) is 4.79 Å². The molecular formula is C23H20N2O3. The zero-order chi connectivity index (χ0) is 19.8. The van der Waals surface area contributed by atoms with Gasteiger partial charge in [-0.3, -0.25) is 9.78 Å². The summed E-state index contributed by atoms with van der Waals surface area (Å²) in [6, 6.07) is 18.7. The molecule has 3 aromatic rings. The molecule has 28 heavy (non-hydrogen) atoms. The number of nitrogens with zero attached hydrogens (tertiary/aromatic N) is 1. The Balaban J connectivity index is 1.73. The van der Waals surface area contributed by atoms with Crippen LogP contribution >= 0.6 is 0 Å². The van der Waals surface area contributed by atoms with Crippen LogP contribution in [0.4, 0.5) is 5.69 Å². The van der Waals surface area contributed by atoms with Crippen LogP contribution in [0.2, 0.25) is 0 Å². The first-order valence-corrected chi connectivity index (χ1v) is 8.91. The number of aryl methyl sites for hydroxylation is 2. The van der Waals surface area contributed by atoms with Crippen LogP contribution in [-0.2, 0) is 17.6 Å². The molecule has 140 valence electrons. The predicted molar refractivity (Wildman–Crippen MR) is 109 cm³/mol. The van der Waals surface area contributed by atoms with Crippen LogP contribution in [0.5, 0.6) is 0 Å². The Bertz CT molecular complexity index is 983. The van der Waals surface area contributed by atoms with Crippen LogP contribution in [0.25, 0.3) is 6.08 Å². The maximum atomic E-state index is 12.2. The molecule has 0 atom stereocenters. The van der Waals surface area contributed by atoms with Crippen molar-refractivity contribution in [3.63, 3.8) is 0 Å². The first kappa shape index (κ1) is 19.0. The smallest absolute Gasteiger partial charge is 0.337 e. The first-order chi connectivity index (χ1) is 13.6. The van der Waals surface area contributed by atoms with E-state index in [-0.39, 0.29) is 11.5 Å². The summed E-state index contributed by atoms with van der Waals surface area (Å²) in [7, 11) is 0. The second-order valence-corrected chi connectivity index (χ2v) is 6.27. The molecule has 0 spiro atoms. The van der Waals surface area contributed by atoms with E-state index in [0.29, 0.717) is 5.69 Å². The van der Waals surface area contributed by atoms with Gasteiger partial charge in [-0.15, -0.1) is 0 Å². The number of carbonyl (C=O) groups excluding carboxylic acids is 1. The van der Waals surface area contributed by atoms with Crippen molar-refractivity contribution in [2.45, 2.75) is 12.8 Å². The fourth-order valence-electron chi connectivity index (χ4n) is 2.79. The Morgan fingerprint density at radius 1 is 0.929 bits per heavy atom. The van der Waals surface area contributed by atoms with E-state index in [4.69, 9.17) is 0 Å². The summed E-state index contributed by atoms with van der Waals surface area (Å²) in [5, 5.41) is 12.1. The molecule has 2 N–H and O–H groups in total. The maximum Gasteiger partial charge on any atom is 0.337 e. The van der Waals surface area contributed by atoms with Gasteiger partial charge in [0, 0.05) is 18.5 Å². The molecule has 1 aromatic heterocycles. The van der Waals surface area contributed by atoms with Crippen molar-refractivity contribution in [2.24, 2.45) is 0 Å². The summed E-state index contributed by atoms with van der Waals surface area (Å²) in [4.78, 5) is 27.7. The van der Waals surface area contributed by atoms with E-state index in [1.807, 2.05) is 18.2 Å². The van der Waals surface area contributed by atoms with Crippen LogP contribution < -0.4 is 5.32 Å². The van der Waals surface area contributed by atoms with Crippen LogP contribution in [-0.4, -0.2) is 22.0 Å². The Kier molecular flexibility index (Phi) is 6.31. The Hall–Kier alpha value is -3.73. The highest BCUT2D eigenvalue weighted by Crippen LogP contribution is 2.20. The van der Waals surface area contributed by atoms with Gasteiger partial charge in [0.2, 0.25) is 5.91 Å². The minimum absolute atomic E-state index is 0.0640. The highest BCUT2D eigenvalue weighted by Gasteiger charge is 2.12. The van der Waals surface area contributed by atoms with Crippen LogP contribution in [0.1, 0.15) is 27.0 Å². The number of carboxylic acids is 1. The Morgan fingerprint density at radius 2 is 1.64 bits per heavy atom. The molecule has 1 amide bonds. The monoisotopic (exact) mass is 372 g/mol. The van der Waals surface area contributed by atoms with Gasteiger partial charge in [0.05, 0.1) is 11.3 Å². The van der Waals surface area contributed by atoms with Gasteiger partial charge < -0.3 is 10.4 Å². The molecule has 0 aliphatic rings. The summed E-state index contributed by atoms with van der Waals surface area (Å²) < 4.78 is 0. The molecule has 1 heterocycles. The lowest BCUT2D eigenvalue weighted by atomic mass is 10.0. The number of amides is 1. The number of carbonyl (C=O) groups is 2. The zero-order valence-electron chi connectivity index (χ0n) is 15.2. The summed E-state index contributed by atoms with van der Waals surface area (Å²) >= 11 is 0.